The summed E-state index contributed by atoms with van der Waals surface area (Å²) in [5, 5.41) is 13.7. The third-order valence-electron chi connectivity index (χ3n) is 3.53. The molecule has 0 aromatic carbocycles. The van der Waals surface area contributed by atoms with E-state index in [1.807, 2.05) is 0 Å². The second-order valence-corrected chi connectivity index (χ2v) is 4.35. The predicted octanol–water partition coefficient (Wildman–Crippen LogP) is 1.29. The standard InChI is InChI=1S/C10H19NO/c12-10(5-1-2-6-10)9-4-3-7-11-8-9/h9,11-12H,1-8H2. The van der Waals surface area contributed by atoms with Gasteiger partial charge >= 0.3 is 0 Å². The van der Waals surface area contributed by atoms with Crippen molar-refractivity contribution in [1.82, 2.24) is 5.32 Å². The zero-order valence-corrected chi connectivity index (χ0v) is 7.68. The number of piperidine rings is 1. The molecule has 1 unspecified atom stereocenters. The van der Waals surface area contributed by atoms with Gasteiger partial charge in [0.05, 0.1) is 5.60 Å². The van der Waals surface area contributed by atoms with E-state index in [0.717, 1.165) is 25.9 Å². The predicted molar refractivity (Wildman–Crippen MR) is 49.0 cm³/mol. The molecule has 2 heteroatoms. The molecule has 0 aromatic rings. The molecule has 2 rings (SSSR count). The minimum atomic E-state index is -0.298. The zero-order valence-electron chi connectivity index (χ0n) is 7.68. The number of aliphatic hydroxyl groups is 1. The van der Waals surface area contributed by atoms with Crippen molar-refractivity contribution in [1.29, 1.82) is 0 Å². The van der Waals surface area contributed by atoms with Gasteiger partial charge in [-0.3, -0.25) is 0 Å². The molecule has 12 heavy (non-hydrogen) atoms. The van der Waals surface area contributed by atoms with Crippen LogP contribution in [0.1, 0.15) is 38.5 Å². The maximum absolute atomic E-state index is 10.3. The molecule has 1 atom stereocenters. The second-order valence-electron chi connectivity index (χ2n) is 4.35. The maximum atomic E-state index is 10.3. The molecule has 1 aliphatic heterocycles. The lowest BCUT2D eigenvalue weighted by Gasteiger charge is -2.35. The second kappa shape index (κ2) is 3.35. The Hall–Kier alpha value is -0.0800. The highest BCUT2D eigenvalue weighted by molar-refractivity contribution is 4.92. The summed E-state index contributed by atoms with van der Waals surface area (Å²) >= 11 is 0. The van der Waals surface area contributed by atoms with Crippen LogP contribution in [0.25, 0.3) is 0 Å². The average molecular weight is 169 g/mol. The van der Waals surface area contributed by atoms with Crippen LogP contribution in [0.5, 0.6) is 0 Å². The van der Waals surface area contributed by atoms with Gasteiger partial charge in [-0.25, -0.2) is 0 Å². The molecule has 0 aromatic heterocycles. The van der Waals surface area contributed by atoms with Gasteiger partial charge < -0.3 is 10.4 Å². The summed E-state index contributed by atoms with van der Waals surface area (Å²) in [7, 11) is 0. The van der Waals surface area contributed by atoms with Crippen molar-refractivity contribution in [2.24, 2.45) is 5.92 Å². The molecule has 70 valence electrons. The van der Waals surface area contributed by atoms with Crippen LogP contribution in [-0.2, 0) is 0 Å². The van der Waals surface area contributed by atoms with Crippen molar-refractivity contribution in [3.63, 3.8) is 0 Å². The van der Waals surface area contributed by atoms with E-state index in [2.05, 4.69) is 5.32 Å². The van der Waals surface area contributed by atoms with Crippen molar-refractivity contribution in [2.45, 2.75) is 44.1 Å². The fraction of sp³-hybridized carbons (Fsp3) is 1.00. The highest BCUT2D eigenvalue weighted by atomic mass is 16.3. The Balaban J connectivity index is 1.96. The molecular formula is C10H19NO. The first-order valence-corrected chi connectivity index (χ1v) is 5.24. The summed E-state index contributed by atoms with van der Waals surface area (Å²) in [5.74, 6) is 0.536. The smallest absolute Gasteiger partial charge is 0.0688 e. The zero-order chi connectivity index (χ0) is 8.44. The molecule has 0 bridgehead atoms. The Kier molecular flexibility index (Phi) is 2.37. The first-order chi connectivity index (χ1) is 5.81. The fourth-order valence-corrected chi connectivity index (χ4v) is 2.71. The molecule has 1 saturated heterocycles. The van der Waals surface area contributed by atoms with Gasteiger partial charge in [-0.15, -0.1) is 0 Å². The molecule has 0 amide bonds. The molecule has 0 spiro atoms. The average Bonchev–Trinajstić information content (AvgIpc) is 2.55. The van der Waals surface area contributed by atoms with Gasteiger partial charge in [0.25, 0.3) is 0 Å². The largest absolute Gasteiger partial charge is 0.390 e. The highest BCUT2D eigenvalue weighted by Crippen LogP contribution is 2.38. The molecule has 1 saturated carbocycles. The van der Waals surface area contributed by atoms with Crippen molar-refractivity contribution >= 4 is 0 Å². The van der Waals surface area contributed by atoms with E-state index in [-0.39, 0.29) is 5.60 Å². The summed E-state index contributed by atoms with van der Waals surface area (Å²) < 4.78 is 0. The molecule has 2 N–H and O–H groups in total. The lowest BCUT2D eigenvalue weighted by molar-refractivity contribution is -0.0211. The van der Waals surface area contributed by atoms with E-state index >= 15 is 0 Å². The number of hydrogen-bond acceptors (Lipinski definition) is 2. The normalized spacial score (nSPS) is 35.2. The van der Waals surface area contributed by atoms with Gasteiger partial charge in [0.2, 0.25) is 0 Å². The summed E-state index contributed by atoms with van der Waals surface area (Å²) in [5.41, 5.74) is -0.298. The van der Waals surface area contributed by atoms with Gasteiger partial charge in [-0.1, -0.05) is 12.8 Å². The van der Waals surface area contributed by atoms with Crippen LogP contribution in [0.4, 0.5) is 0 Å². The van der Waals surface area contributed by atoms with Gasteiger partial charge in [-0.2, -0.15) is 0 Å². The van der Waals surface area contributed by atoms with E-state index in [1.54, 1.807) is 0 Å². The summed E-state index contributed by atoms with van der Waals surface area (Å²) in [6.45, 7) is 2.18. The number of hydrogen-bond donors (Lipinski definition) is 2. The first-order valence-electron chi connectivity index (χ1n) is 5.24. The van der Waals surface area contributed by atoms with E-state index in [1.165, 1.54) is 25.7 Å². The van der Waals surface area contributed by atoms with Gasteiger partial charge in [0.15, 0.2) is 0 Å². The maximum Gasteiger partial charge on any atom is 0.0688 e. The molecule has 2 nitrogen and oxygen atoms in total. The summed E-state index contributed by atoms with van der Waals surface area (Å²) in [6.07, 6.45) is 7.01. The first kappa shape index (κ1) is 8.52. The fourth-order valence-electron chi connectivity index (χ4n) is 2.71. The van der Waals surface area contributed by atoms with E-state index in [0.29, 0.717) is 5.92 Å². The summed E-state index contributed by atoms with van der Waals surface area (Å²) in [6, 6.07) is 0. The van der Waals surface area contributed by atoms with Crippen LogP contribution in [0.15, 0.2) is 0 Å². The van der Waals surface area contributed by atoms with Crippen LogP contribution in [0.3, 0.4) is 0 Å². The monoisotopic (exact) mass is 169 g/mol. The Bertz CT molecular complexity index is 146. The van der Waals surface area contributed by atoms with Crippen LogP contribution in [0.2, 0.25) is 0 Å². The third kappa shape index (κ3) is 1.50. The number of rotatable bonds is 1. The van der Waals surface area contributed by atoms with E-state index in [9.17, 15) is 5.11 Å². The Morgan fingerprint density at radius 1 is 1.17 bits per heavy atom. The molecule has 2 fully saturated rings. The Morgan fingerprint density at radius 3 is 2.50 bits per heavy atom. The quantitative estimate of drug-likeness (QED) is 0.620. The van der Waals surface area contributed by atoms with E-state index in [4.69, 9.17) is 0 Å². The van der Waals surface area contributed by atoms with Gasteiger partial charge in [0.1, 0.15) is 0 Å². The third-order valence-corrected chi connectivity index (χ3v) is 3.53. The van der Waals surface area contributed by atoms with E-state index < -0.39 is 0 Å². The minimum Gasteiger partial charge on any atom is -0.390 e. The van der Waals surface area contributed by atoms with Crippen molar-refractivity contribution in [3.8, 4) is 0 Å². The van der Waals surface area contributed by atoms with Gasteiger partial charge in [-0.05, 0) is 32.2 Å². The SMILES string of the molecule is OC1(C2CCCNC2)CCCC1. The molecule has 0 radical (unpaired) electrons. The Labute approximate surface area is 74.4 Å². The van der Waals surface area contributed by atoms with Crippen LogP contribution in [-0.4, -0.2) is 23.8 Å². The van der Waals surface area contributed by atoms with Crippen molar-refractivity contribution < 1.29 is 5.11 Å². The summed E-state index contributed by atoms with van der Waals surface area (Å²) in [4.78, 5) is 0. The van der Waals surface area contributed by atoms with Crippen molar-refractivity contribution in [3.05, 3.63) is 0 Å². The molecular weight excluding hydrogens is 150 g/mol. The molecule has 1 heterocycles. The minimum absolute atomic E-state index is 0.298. The highest BCUT2D eigenvalue weighted by Gasteiger charge is 2.39. The van der Waals surface area contributed by atoms with Crippen LogP contribution < -0.4 is 5.32 Å². The van der Waals surface area contributed by atoms with Crippen molar-refractivity contribution in [2.75, 3.05) is 13.1 Å². The Morgan fingerprint density at radius 2 is 1.92 bits per heavy atom. The lowest BCUT2D eigenvalue weighted by atomic mass is 9.81. The lowest BCUT2D eigenvalue weighted by Crippen LogP contribution is -2.44. The molecule has 1 aliphatic carbocycles. The molecule has 2 aliphatic rings. The van der Waals surface area contributed by atoms with Crippen LogP contribution >= 0.6 is 0 Å². The van der Waals surface area contributed by atoms with Crippen LogP contribution in [0, 0.1) is 5.92 Å². The van der Waals surface area contributed by atoms with Gasteiger partial charge in [0, 0.05) is 12.5 Å². The number of nitrogens with one attached hydrogen (secondary N) is 1. The topological polar surface area (TPSA) is 32.3 Å².